The van der Waals surface area contributed by atoms with Gasteiger partial charge in [0.25, 0.3) is 0 Å². The third kappa shape index (κ3) is 4.69. The van der Waals surface area contributed by atoms with Crippen LogP contribution in [0.4, 0.5) is 10.1 Å². The van der Waals surface area contributed by atoms with Crippen molar-refractivity contribution < 1.29 is 9.18 Å². The van der Waals surface area contributed by atoms with Crippen LogP contribution in [0.5, 0.6) is 0 Å². The van der Waals surface area contributed by atoms with Gasteiger partial charge in [-0.15, -0.1) is 10.2 Å². The molecule has 0 spiro atoms. The minimum absolute atomic E-state index is 0.0943. The number of para-hydroxylation sites is 1. The molecule has 0 bridgehead atoms. The number of carbonyl (C=O) groups is 1. The van der Waals surface area contributed by atoms with E-state index in [-0.39, 0.29) is 11.7 Å². The van der Waals surface area contributed by atoms with E-state index in [1.165, 1.54) is 23.9 Å². The second-order valence-corrected chi connectivity index (χ2v) is 7.71. The van der Waals surface area contributed by atoms with Gasteiger partial charge in [0.2, 0.25) is 5.91 Å². The molecule has 0 fully saturated rings. The summed E-state index contributed by atoms with van der Waals surface area (Å²) in [5.74, 6) is 0.0431. The highest BCUT2D eigenvalue weighted by molar-refractivity contribution is 7.99. The van der Waals surface area contributed by atoms with Crippen LogP contribution >= 0.6 is 23.4 Å². The Balaban J connectivity index is 1.59. The number of nitrogens with zero attached hydrogens (tertiary/aromatic N) is 3. The third-order valence-electron chi connectivity index (χ3n) is 4.17. The van der Waals surface area contributed by atoms with E-state index in [1.807, 2.05) is 53.1 Å². The Labute approximate surface area is 181 Å². The molecule has 0 unspecified atom stereocenters. The van der Waals surface area contributed by atoms with E-state index >= 15 is 0 Å². The maximum absolute atomic E-state index is 13.3. The monoisotopic (exact) mass is 438 g/mol. The van der Waals surface area contributed by atoms with Crippen molar-refractivity contribution in [3.63, 3.8) is 0 Å². The molecule has 0 aliphatic heterocycles. The zero-order valence-electron chi connectivity index (χ0n) is 15.6. The van der Waals surface area contributed by atoms with Gasteiger partial charge < -0.3 is 5.32 Å². The predicted molar refractivity (Wildman–Crippen MR) is 118 cm³/mol. The van der Waals surface area contributed by atoms with Gasteiger partial charge in [0.1, 0.15) is 5.82 Å². The van der Waals surface area contributed by atoms with E-state index in [2.05, 4.69) is 15.5 Å². The molecule has 1 amide bonds. The number of carbonyl (C=O) groups excluding carboxylic acids is 1. The molecule has 0 atom stereocenters. The number of halogens is 2. The molecule has 3 aromatic carbocycles. The molecule has 4 rings (SSSR count). The Kier molecular flexibility index (Phi) is 6.11. The lowest BCUT2D eigenvalue weighted by Gasteiger charge is -2.10. The number of aromatic nitrogens is 3. The first-order valence-corrected chi connectivity index (χ1v) is 10.4. The van der Waals surface area contributed by atoms with Gasteiger partial charge in [0.05, 0.1) is 5.75 Å². The summed E-state index contributed by atoms with van der Waals surface area (Å²) in [5.41, 5.74) is 2.09. The van der Waals surface area contributed by atoms with E-state index in [0.717, 1.165) is 11.3 Å². The average Bonchev–Trinajstić information content (AvgIpc) is 3.17. The van der Waals surface area contributed by atoms with Crippen molar-refractivity contribution in [2.75, 3.05) is 11.1 Å². The topological polar surface area (TPSA) is 59.8 Å². The number of anilines is 1. The number of thioether (sulfide) groups is 1. The molecular weight excluding hydrogens is 423 g/mol. The predicted octanol–water partition coefficient (Wildman–Crippen LogP) is 5.46. The third-order valence-corrected chi connectivity index (χ3v) is 5.34. The van der Waals surface area contributed by atoms with Crippen LogP contribution in [-0.2, 0) is 4.79 Å². The number of hydrogen-bond donors (Lipinski definition) is 1. The first-order chi connectivity index (χ1) is 14.6. The first kappa shape index (κ1) is 20.1. The van der Waals surface area contributed by atoms with Crippen LogP contribution in [0.1, 0.15) is 0 Å². The Morgan fingerprint density at radius 1 is 1.00 bits per heavy atom. The van der Waals surface area contributed by atoms with Crippen molar-refractivity contribution in [2.45, 2.75) is 5.16 Å². The number of rotatable bonds is 6. The summed E-state index contributed by atoms with van der Waals surface area (Å²) in [6.45, 7) is 0. The van der Waals surface area contributed by atoms with Crippen LogP contribution in [0.15, 0.2) is 84.0 Å². The quantitative estimate of drug-likeness (QED) is 0.406. The lowest BCUT2D eigenvalue weighted by Crippen LogP contribution is -2.14. The van der Waals surface area contributed by atoms with E-state index < -0.39 is 5.82 Å². The Bertz CT molecular complexity index is 1180. The van der Waals surface area contributed by atoms with Crippen LogP contribution in [0.25, 0.3) is 17.1 Å². The zero-order chi connectivity index (χ0) is 20.9. The summed E-state index contributed by atoms with van der Waals surface area (Å²) >= 11 is 7.39. The molecule has 0 aliphatic rings. The smallest absolute Gasteiger partial charge is 0.234 e. The van der Waals surface area contributed by atoms with Crippen molar-refractivity contribution in [2.24, 2.45) is 0 Å². The van der Waals surface area contributed by atoms with Gasteiger partial charge in [0.15, 0.2) is 11.0 Å². The van der Waals surface area contributed by atoms with E-state index in [1.54, 1.807) is 18.2 Å². The minimum Gasteiger partial charge on any atom is -0.325 e. The van der Waals surface area contributed by atoms with Crippen molar-refractivity contribution in [3.05, 3.63) is 89.7 Å². The summed E-state index contributed by atoms with van der Waals surface area (Å²) in [6, 6.07) is 22.8. The van der Waals surface area contributed by atoms with Crippen LogP contribution < -0.4 is 5.32 Å². The highest BCUT2D eigenvalue weighted by Crippen LogP contribution is 2.29. The van der Waals surface area contributed by atoms with E-state index in [4.69, 9.17) is 11.6 Å². The molecule has 150 valence electrons. The van der Waals surface area contributed by atoms with Crippen molar-refractivity contribution >= 4 is 35.0 Å². The Morgan fingerprint density at radius 3 is 2.57 bits per heavy atom. The standard InChI is InChI=1S/C22H16ClFN4OS/c23-16-7-4-6-15(12-16)21-26-27-22(28(21)19-10-2-1-3-11-19)30-14-20(29)25-18-9-5-8-17(24)13-18/h1-13H,14H2,(H,25,29). The largest absolute Gasteiger partial charge is 0.325 e. The molecular formula is C22H16ClFN4OS. The number of nitrogens with one attached hydrogen (secondary N) is 1. The van der Waals surface area contributed by atoms with Crippen molar-refractivity contribution in [1.82, 2.24) is 14.8 Å². The summed E-state index contributed by atoms with van der Waals surface area (Å²) in [4.78, 5) is 12.3. The number of amides is 1. The zero-order valence-corrected chi connectivity index (χ0v) is 17.2. The van der Waals surface area contributed by atoms with Gasteiger partial charge in [-0.05, 0) is 42.5 Å². The maximum atomic E-state index is 13.3. The molecule has 0 radical (unpaired) electrons. The van der Waals surface area contributed by atoms with Gasteiger partial charge in [-0.3, -0.25) is 9.36 Å². The molecule has 1 N–H and O–H groups in total. The molecule has 0 saturated heterocycles. The van der Waals surface area contributed by atoms with Crippen LogP contribution in [0.3, 0.4) is 0 Å². The van der Waals surface area contributed by atoms with Gasteiger partial charge in [-0.25, -0.2) is 4.39 Å². The SMILES string of the molecule is O=C(CSc1nnc(-c2cccc(Cl)c2)n1-c1ccccc1)Nc1cccc(F)c1. The number of benzene rings is 3. The second kappa shape index (κ2) is 9.11. The van der Waals surface area contributed by atoms with Gasteiger partial charge in [0, 0.05) is 22.0 Å². The van der Waals surface area contributed by atoms with Gasteiger partial charge in [-0.2, -0.15) is 0 Å². The van der Waals surface area contributed by atoms with Crippen molar-refractivity contribution in [3.8, 4) is 17.1 Å². The fraction of sp³-hybridized carbons (Fsp3) is 0.0455. The minimum atomic E-state index is -0.407. The molecule has 1 aromatic heterocycles. The van der Waals surface area contributed by atoms with Gasteiger partial charge in [-0.1, -0.05) is 59.8 Å². The van der Waals surface area contributed by atoms with Crippen LogP contribution in [-0.4, -0.2) is 26.4 Å². The summed E-state index contributed by atoms with van der Waals surface area (Å²) in [7, 11) is 0. The maximum Gasteiger partial charge on any atom is 0.234 e. The van der Waals surface area contributed by atoms with E-state index in [9.17, 15) is 9.18 Å². The molecule has 1 heterocycles. The van der Waals surface area contributed by atoms with Crippen molar-refractivity contribution in [1.29, 1.82) is 0 Å². The molecule has 5 nitrogen and oxygen atoms in total. The molecule has 4 aromatic rings. The lowest BCUT2D eigenvalue weighted by molar-refractivity contribution is -0.113. The highest BCUT2D eigenvalue weighted by Gasteiger charge is 2.17. The Hall–Kier alpha value is -3.16. The Morgan fingerprint density at radius 2 is 1.80 bits per heavy atom. The van der Waals surface area contributed by atoms with Crippen LogP contribution in [0.2, 0.25) is 5.02 Å². The molecule has 8 heteroatoms. The summed E-state index contributed by atoms with van der Waals surface area (Å²) in [5, 5.41) is 12.5. The average molecular weight is 439 g/mol. The van der Waals surface area contributed by atoms with Crippen LogP contribution in [0, 0.1) is 5.82 Å². The second-order valence-electron chi connectivity index (χ2n) is 6.33. The lowest BCUT2D eigenvalue weighted by atomic mass is 10.2. The molecule has 0 saturated carbocycles. The summed E-state index contributed by atoms with van der Waals surface area (Å²) < 4.78 is 15.2. The fourth-order valence-corrected chi connectivity index (χ4v) is 3.82. The number of hydrogen-bond acceptors (Lipinski definition) is 4. The molecule has 0 aliphatic carbocycles. The van der Waals surface area contributed by atoms with E-state index in [0.29, 0.717) is 21.7 Å². The summed E-state index contributed by atoms with van der Waals surface area (Å²) in [6.07, 6.45) is 0. The molecule has 30 heavy (non-hydrogen) atoms. The highest BCUT2D eigenvalue weighted by atomic mass is 35.5. The fourth-order valence-electron chi connectivity index (χ4n) is 2.88. The normalized spacial score (nSPS) is 10.7. The first-order valence-electron chi connectivity index (χ1n) is 9.05. The van der Waals surface area contributed by atoms with Gasteiger partial charge >= 0.3 is 0 Å².